The third kappa shape index (κ3) is 2.15. The van der Waals surface area contributed by atoms with E-state index in [1.165, 1.54) is 6.92 Å². The van der Waals surface area contributed by atoms with Gasteiger partial charge in [0.25, 0.3) is 10.1 Å². The lowest BCUT2D eigenvalue weighted by Gasteiger charge is -2.22. The lowest BCUT2D eigenvalue weighted by atomic mass is 10.0. The van der Waals surface area contributed by atoms with Crippen LogP contribution in [0.5, 0.6) is 0 Å². The first-order chi connectivity index (χ1) is 5.66. The van der Waals surface area contributed by atoms with Crippen molar-refractivity contribution in [1.82, 2.24) is 0 Å². The highest BCUT2D eigenvalue weighted by molar-refractivity contribution is 7.88. The summed E-state index contributed by atoms with van der Waals surface area (Å²) in [5, 5.41) is 0. The second-order valence-corrected chi connectivity index (χ2v) is 4.87. The topological polar surface area (TPSA) is 97.5 Å². The number of carbonyl (C=O) groups excluding carboxylic acids is 1. The molecule has 0 saturated carbocycles. The van der Waals surface area contributed by atoms with Crippen molar-refractivity contribution in [3.8, 4) is 0 Å². The number of allylic oxidation sites excluding steroid dienone is 1. The molecular weight excluding hydrogens is 194 g/mol. The first kappa shape index (κ1) is 12.3. The summed E-state index contributed by atoms with van der Waals surface area (Å²) >= 11 is 0. The van der Waals surface area contributed by atoms with Crippen molar-refractivity contribution in [2.45, 2.75) is 18.6 Å². The van der Waals surface area contributed by atoms with Crippen molar-refractivity contribution < 1.29 is 17.8 Å². The Kier molecular flexibility index (Phi) is 3.37. The molecule has 0 radical (unpaired) electrons. The van der Waals surface area contributed by atoms with Crippen molar-refractivity contribution in [3.05, 3.63) is 12.2 Å². The van der Waals surface area contributed by atoms with E-state index in [1.54, 1.807) is 0 Å². The molecule has 0 aromatic heterocycles. The van der Waals surface area contributed by atoms with Gasteiger partial charge in [0.1, 0.15) is 0 Å². The predicted molar refractivity (Wildman–Crippen MR) is 48.8 cm³/mol. The highest BCUT2D eigenvalue weighted by atomic mass is 32.2. The summed E-state index contributed by atoms with van der Waals surface area (Å²) in [4.78, 5) is 11.3. The summed E-state index contributed by atoms with van der Waals surface area (Å²) in [6, 6.07) is 0. The quantitative estimate of drug-likeness (QED) is 0.489. The molecule has 13 heavy (non-hydrogen) atoms. The number of hydrogen-bond donors (Lipinski definition) is 2. The Bertz CT molecular complexity index is 332. The molecule has 0 rings (SSSR count). The average Bonchev–Trinajstić information content (AvgIpc) is 1.99. The average molecular weight is 207 g/mol. The molecule has 76 valence electrons. The molecule has 0 aromatic carbocycles. The molecule has 5 nitrogen and oxygen atoms in total. The van der Waals surface area contributed by atoms with E-state index in [0.29, 0.717) is 0 Å². The molecule has 0 aliphatic rings. The van der Waals surface area contributed by atoms with Crippen LogP contribution >= 0.6 is 0 Å². The van der Waals surface area contributed by atoms with Crippen molar-refractivity contribution >= 4 is 15.9 Å². The molecule has 0 bridgehead atoms. The van der Waals surface area contributed by atoms with Crippen molar-refractivity contribution in [2.75, 3.05) is 6.54 Å². The summed E-state index contributed by atoms with van der Waals surface area (Å²) in [6.45, 7) is 5.26. The van der Waals surface area contributed by atoms with Gasteiger partial charge in [-0.2, -0.15) is 8.42 Å². The number of carbonyl (C=O) groups is 1. The summed E-state index contributed by atoms with van der Waals surface area (Å²) in [5.74, 6) is -0.766. The standard InChI is InChI=1S/C7H13NO4S/c1-5(2)6(9)7(3,4-8)13(10,11)12/h1,4,8H2,2-3H3,(H,10,11,12). The van der Waals surface area contributed by atoms with Gasteiger partial charge in [-0.05, 0) is 19.4 Å². The van der Waals surface area contributed by atoms with Gasteiger partial charge in [-0.3, -0.25) is 9.35 Å². The molecule has 0 spiro atoms. The molecule has 3 N–H and O–H groups in total. The Balaban J connectivity index is 5.33. The molecule has 1 atom stereocenters. The maximum Gasteiger partial charge on any atom is 0.279 e. The third-order valence-corrected chi connectivity index (χ3v) is 3.32. The van der Waals surface area contributed by atoms with E-state index in [-0.39, 0.29) is 5.57 Å². The number of ketones is 1. The smallest absolute Gasteiger partial charge is 0.279 e. The summed E-state index contributed by atoms with van der Waals surface area (Å²) in [6.07, 6.45) is 0. The number of hydrogen-bond acceptors (Lipinski definition) is 4. The van der Waals surface area contributed by atoms with Crippen molar-refractivity contribution in [3.63, 3.8) is 0 Å². The largest absolute Gasteiger partial charge is 0.328 e. The zero-order valence-corrected chi connectivity index (χ0v) is 8.39. The van der Waals surface area contributed by atoms with Gasteiger partial charge in [-0.1, -0.05) is 6.58 Å². The fraction of sp³-hybridized carbons (Fsp3) is 0.571. The highest BCUT2D eigenvalue weighted by Gasteiger charge is 2.44. The first-order valence-corrected chi connectivity index (χ1v) is 4.98. The van der Waals surface area contributed by atoms with Crippen LogP contribution in [0.1, 0.15) is 13.8 Å². The zero-order chi connectivity index (χ0) is 10.9. The molecular formula is C7H13NO4S. The number of nitrogens with two attached hydrogens (primary N) is 1. The summed E-state index contributed by atoms with van der Waals surface area (Å²) < 4.78 is 28.5. The predicted octanol–water partition coefficient (Wildman–Crippen LogP) is -0.263. The van der Waals surface area contributed by atoms with E-state index in [0.717, 1.165) is 6.92 Å². The normalized spacial score (nSPS) is 16.3. The first-order valence-electron chi connectivity index (χ1n) is 3.54. The molecule has 0 fully saturated rings. The van der Waals surface area contributed by atoms with Gasteiger partial charge in [-0.15, -0.1) is 0 Å². The zero-order valence-electron chi connectivity index (χ0n) is 7.57. The van der Waals surface area contributed by atoms with Crippen LogP contribution in [0.2, 0.25) is 0 Å². The maximum absolute atomic E-state index is 11.3. The third-order valence-electron chi connectivity index (χ3n) is 1.83. The lowest BCUT2D eigenvalue weighted by molar-refractivity contribution is -0.117. The molecule has 1 unspecified atom stereocenters. The minimum atomic E-state index is -4.49. The lowest BCUT2D eigenvalue weighted by Crippen LogP contribution is -2.49. The van der Waals surface area contributed by atoms with Gasteiger partial charge >= 0.3 is 0 Å². The van der Waals surface area contributed by atoms with Gasteiger partial charge in [0, 0.05) is 6.54 Å². The number of rotatable bonds is 4. The minimum Gasteiger partial charge on any atom is -0.328 e. The molecule has 0 aliphatic heterocycles. The molecule has 0 saturated heterocycles. The Labute approximate surface area is 77.4 Å². The molecule has 0 amide bonds. The van der Waals surface area contributed by atoms with E-state index >= 15 is 0 Å². The van der Waals surface area contributed by atoms with Crippen molar-refractivity contribution in [2.24, 2.45) is 5.73 Å². The molecule has 0 aliphatic carbocycles. The summed E-state index contributed by atoms with van der Waals surface area (Å²) in [5.41, 5.74) is 5.18. The second kappa shape index (κ2) is 3.57. The van der Waals surface area contributed by atoms with Crippen LogP contribution in [-0.2, 0) is 14.9 Å². The molecule has 0 aromatic rings. The van der Waals surface area contributed by atoms with Gasteiger partial charge in [0.15, 0.2) is 10.5 Å². The van der Waals surface area contributed by atoms with Crippen LogP contribution in [-0.4, -0.2) is 30.0 Å². The fourth-order valence-electron chi connectivity index (χ4n) is 0.767. The monoisotopic (exact) mass is 207 g/mol. The van der Waals surface area contributed by atoms with Crippen LogP contribution in [0.3, 0.4) is 0 Å². The Hall–Kier alpha value is -0.720. The van der Waals surface area contributed by atoms with E-state index in [1.807, 2.05) is 0 Å². The van der Waals surface area contributed by atoms with E-state index < -0.39 is 27.2 Å². The van der Waals surface area contributed by atoms with Crippen LogP contribution in [0.25, 0.3) is 0 Å². The Morgan fingerprint density at radius 1 is 1.62 bits per heavy atom. The van der Waals surface area contributed by atoms with E-state index in [4.69, 9.17) is 10.3 Å². The summed E-state index contributed by atoms with van der Waals surface area (Å²) in [7, 11) is -4.49. The van der Waals surface area contributed by atoms with Gasteiger partial charge in [-0.25, -0.2) is 0 Å². The second-order valence-electron chi connectivity index (χ2n) is 3.02. The highest BCUT2D eigenvalue weighted by Crippen LogP contribution is 2.18. The van der Waals surface area contributed by atoms with E-state index in [9.17, 15) is 13.2 Å². The molecule has 6 heteroatoms. The van der Waals surface area contributed by atoms with Gasteiger partial charge in [0.2, 0.25) is 0 Å². The maximum atomic E-state index is 11.3. The minimum absolute atomic E-state index is 0.0468. The SMILES string of the molecule is C=C(C)C(=O)C(C)(CN)S(=O)(=O)O. The van der Waals surface area contributed by atoms with Crippen molar-refractivity contribution in [1.29, 1.82) is 0 Å². The van der Waals surface area contributed by atoms with Gasteiger partial charge in [0.05, 0.1) is 0 Å². The molecule has 0 heterocycles. The van der Waals surface area contributed by atoms with Crippen LogP contribution < -0.4 is 5.73 Å². The van der Waals surface area contributed by atoms with Crippen LogP contribution in [0, 0.1) is 0 Å². The van der Waals surface area contributed by atoms with Gasteiger partial charge < -0.3 is 5.73 Å². The Morgan fingerprint density at radius 2 is 2.00 bits per heavy atom. The van der Waals surface area contributed by atoms with Crippen LogP contribution in [0.4, 0.5) is 0 Å². The Morgan fingerprint density at radius 3 is 2.08 bits per heavy atom. The fourth-order valence-corrected chi connectivity index (χ4v) is 1.39. The van der Waals surface area contributed by atoms with E-state index in [2.05, 4.69) is 6.58 Å². The van der Waals surface area contributed by atoms with Crippen LogP contribution in [0.15, 0.2) is 12.2 Å². The number of Topliss-reactive ketones (excluding diaryl/α,β-unsaturated/α-hetero) is 1.